The quantitative estimate of drug-likeness (QED) is 0.641. The molecular weight excluding hydrogens is 266 g/mol. The van der Waals surface area contributed by atoms with Crippen LogP contribution in [0.5, 0.6) is 0 Å². The Morgan fingerprint density at radius 1 is 1.29 bits per heavy atom. The number of nitrogens with two attached hydrogens (primary N) is 1. The van der Waals surface area contributed by atoms with Crippen molar-refractivity contribution in [3.8, 4) is 0 Å². The number of rotatable bonds is 5. The number of benzene rings is 1. The van der Waals surface area contributed by atoms with Crippen LogP contribution in [0.2, 0.25) is 0 Å². The molecule has 3 N–H and O–H groups in total. The number of nitrogens with zero attached hydrogens (tertiary/aromatic N) is 1. The largest absolute Gasteiger partial charge is 0.399 e. The molecule has 0 fully saturated rings. The van der Waals surface area contributed by atoms with E-state index in [0.717, 1.165) is 0 Å². The van der Waals surface area contributed by atoms with Crippen LogP contribution in [0.25, 0.3) is 0 Å². The average Bonchev–Trinajstić information content (AvgIpc) is 2.41. The number of hydrogen-bond donors (Lipinski definition) is 2. The molecule has 5 heteroatoms. The third kappa shape index (κ3) is 4.95. The lowest BCUT2D eigenvalue weighted by Gasteiger charge is -2.35. The van der Waals surface area contributed by atoms with Crippen LogP contribution >= 0.6 is 0 Å². The zero-order valence-electron chi connectivity index (χ0n) is 12.8. The van der Waals surface area contributed by atoms with Crippen LogP contribution < -0.4 is 11.1 Å². The first-order valence-electron chi connectivity index (χ1n) is 6.81. The molecular formula is C16H23N3O2. The zero-order valence-corrected chi connectivity index (χ0v) is 12.8. The number of anilines is 1. The van der Waals surface area contributed by atoms with E-state index in [9.17, 15) is 9.59 Å². The Balaban J connectivity index is 2.64. The molecule has 0 aliphatic rings. The molecule has 0 aliphatic carbocycles. The van der Waals surface area contributed by atoms with E-state index in [1.54, 1.807) is 35.2 Å². The molecule has 0 aliphatic heterocycles. The maximum atomic E-state index is 12.2. The van der Waals surface area contributed by atoms with Crippen LogP contribution in [-0.4, -0.2) is 35.3 Å². The Hall–Kier alpha value is -2.30. The summed E-state index contributed by atoms with van der Waals surface area (Å²) in [6.45, 7) is 9.87. The van der Waals surface area contributed by atoms with Gasteiger partial charge in [0.15, 0.2) is 0 Å². The van der Waals surface area contributed by atoms with E-state index >= 15 is 0 Å². The van der Waals surface area contributed by atoms with Crippen molar-refractivity contribution in [2.24, 2.45) is 0 Å². The van der Waals surface area contributed by atoms with E-state index in [4.69, 9.17) is 5.73 Å². The molecule has 0 radical (unpaired) electrons. The number of nitrogens with one attached hydrogen (secondary N) is 1. The highest BCUT2D eigenvalue weighted by molar-refractivity contribution is 5.96. The molecule has 1 rings (SSSR count). The summed E-state index contributed by atoms with van der Waals surface area (Å²) in [5.41, 5.74) is 6.31. The molecule has 114 valence electrons. The number of nitrogen functional groups attached to an aromatic ring is 1. The summed E-state index contributed by atoms with van der Waals surface area (Å²) in [6.07, 6.45) is 1.67. The van der Waals surface area contributed by atoms with E-state index in [2.05, 4.69) is 11.9 Å². The lowest BCUT2D eigenvalue weighted by molar-refractivity contribution is -0.134. The van der Waals surface area contributed by atoms with Gasteiger partial charge in [0.05, 0.1) is 6.54 Å². The fourth-order valence-corrected chi connectivity index (χ4v) is 1.87. The number of carbonyl (C=O) groups excluding carboxylic acids is 2. The van der Waals surface area contributed by atoms with Crippen molar-refractivity contribution in [3.05, 3.63) is 42.5 Å². The summed E-state index contributed by atoms with van der Waals surface area (Å²) in [5.74, 6) is -0.443. The minimum Gasteiger partial charge on any atom is -0.399 e. The first-order chi connectivity index (χ1) is 9.75. The van der Waals surface area contributed by atoms with Crippen molar-refractivity contribution >= 4 is 17.5 Å². The predicted molar refractivity (Wildman–Crippen MR) is 84.9 cm³/mol. The molecule has 0 saturated carbocycles. The van der Waals surface area contributed by atoms with Crippen LogP contribution in [0.4, 0.5) is 5.69 Å². The average molecular weight is 289 g/mol. The first-order valence-corrected chi connectivity index (χ1v) is 6.81. The highest BCUT2D eigenvalue weighted by Crippen LogP contribution is 2.13. The molecule has 0 heterocycles. The van der Waals surface area contributed by atoms with Gasteiger partial charge in [-0.15, -0.1) is 6.58 Å². The molecule has 1 aromatic rings. The summed E-state index contributed by atoms with van der Waals surface area (Å²) >= 11 is 0. The van der Waals surface area contributed by atoms with Crippen LogP contribution in [0.3, 0.4) is 0 Å². The Morgan fingerprint density at radius 3 is 2.33 bits per heavy atom. The van der Waals surface area contributed by atoms with Gasteiger partial charge < -0.3 is 16.0 Å². The SMILES string of the molecule is C=CCN(C(=O)CNC(=O)c1ccc(N)cc1)C(C)(C)C. The van der Waals surface area contributed by atoms with Gasteiger partial charge >= 0.3 is 0 Å². The highest BCUT2D eigenvalue weighted by atomic mass is 16.2. The zero-order chi connectivity index (χ0) is 16.0. The Labute approximate surface area is 125 Å². The van der Waals surface area contributed by atoms with Gasteiger partial charge in [0.2, 0.25) is 5.91 Å². The summed E-state index contributed by atoms with van der Waals surface area (Å²) in [6, 6.07) is 6.55. The third-order valence-corrected chi connectivity index (χ3v) is 3.00. The maximum absolute atomic E-state index is 12.2. The Kier molecular flexibility index (Phi) is 5.52. The summed E-state index contributed by atoms with van der Waals surface area (Å²) < 4.78 is 0. The van der Waals surface area contributed by atoms with Crippen molar-refractivity contribution in [1.29, 1.82) is 0 Å². The monoisotopic (exact) mass is 289 g/mol. The third-order valence-electron chi connectivity index (χ3n) is 3.00. The molecule has 0 unspecified atom stereocenters. The molecule has 0 spiro atoms. The van der Waals surface area contributed by atoms with Crippen LogP contribution in [-0.2, 0) is 4.79 Å². The van der Waals surface area contributed by atoms with Gasteiger partial charge in [-0.2, -0.15) is 0 Å². The highest BCUT2D eigenvalue weighted by Gasteiger charge is 2.25. The normalized spacial score (nSPS) is 10.8. The van der Waals surface area contributed by atoms with Crippen LogP contribution in [0, 0.1) is 0 Å². The standard InChI is InChI=1S/C16H23N3O2/c1-5-10-19(16(2,3)4)14(20)11-18-15(21)12-6-8-13(17)9-7-12/h5-9H,1,10-11,17H2,2-4H3,(H,18,21). The summed E-state index contributed by atoms with van der Waals surface area (Å²) in [7, 11) is 0. The van der Waals surface area contributed by atoms with Crippen molar-refractivity contribution < 1.29 is 9.59 Å². The van der Waals surface area contributed by atoms with Gasteiger partial charge in [-0.1, -0.05) is 6.08 Å². The van der Waals surface area contributed by atoms with Crippen molar-refractivity contribution in [2.45, 2.75) is 26.3 Å². The second kappa shape index (κ2) is 6.92. The first kappa shape index (κ1) is 16.8. The molecule has 0 aromatic heterocycles. The number of amides is 2. The summed E-state index contributed by atoms with van der Waals surface area (Å²) in [4.78, 5) is 25.8. The lowest BCUT2D eigenvalue weighted by Crippen LogP contribution is -2.49. The van der Waals surface area contributed by atoms with Crippen molar-refractivity contribution in [3.63, 3.8) is 0 Å². The predicted octanol–water partition coefficient (Wildman–Crippen LogP) is 1.81. The van der Waals surface area contributed by atoms with Gasteiger partial charge in [-0.3, -0.25) is 9.59 Å². The van der Waals surface area contributed by atoms with Gasteiger partial charge in [0.1, 0.15) is 0 Å². The van der Waals surface area contributed by atoms with Gasteiger partial charge in [-0.05, 0) is 45.0 Å². The number of carbonyl (C=O) groups is 2. The van der Waals surface area contributed by atoms with Crippen molar-refractivity contribution in [1.82, 2.24) is 10.2 Å². The Bertz CT molecular complexity index is 515. The molecule has 1 aromatic carbocycles. The molecule has 0 saturated heterocycles. The minimum absolute atomic E-state index is 0.0473. The van der Waals surface area contributed by atoms with E-state index in [-0.39, 0.29) is 23.9 Å². The van der Waals surface area contributed by atoms with Crippen molar-refractivity contribution in [2.75, 3.05) is 18.8 Å². The van der Waals surface area contributed by atoms with E-state index in [1.807, 2.05) is 20.8 Å². The number of hydrogen-bond acceptors (Lipinski definition) is 3. The fourth-order valence-electron chi connectivity index (χ4n) is 1.87. The van der Waals surface area contributed by atoms with E-state index < -0.39 is 0 Å². The van der Waals surface area contributed by atoms with Gasteiger partial charge in [0.25, 0.3) is 5.91 Å². The smallest absolute Gasteiger partial charge is 0.251 e. The summed E-state index contributed by atoms with van der Waals surface area (Å²) in [5, 5.41) is 2.62. The van der Waals surface area contributed by atoms with Gasteiger partial charge in [0, 0.05) is 23.3 Å². The molecule has 2 amide bonds. The molecule has 5 nitrogen and oxygen atoms in total. The second-order valence-corrected chi connectivity index (χ2v) is 5.77. The lowest BCUT2D eigenvalue weighted by atomic mass is 10.1. The topological polar surface area (TPSA) is 75.4 Å². The Morgan fingerprint density at radius 2 is 1.86 bits per heavy atom. The van der Waals surface area contributed by atoms with Crippen LogP contribution in [0.15, 0.2) is 36.9 Å². The van der Waals surface area contributed by atoms with Gasteiger partial charge in [-0.25, -0.2) is 0 Å². The minimum atomic E-state index is -0.322. The molecule has 0 atom stereocenters. The molecule has 21 heavy (non-hydrogen) atoms. The van der Waals surface area contributed by atoms with E-state index in [0.29, 0.717) is 17.8 Å². The second-order valence-electron chi connectivity index (χ2n) is 5.77. The van der Waals surface area contributed by atoms with Crippen LogP contribution in [0.1, 0.15) is 31.1 Å². The van der Waals surface area contributed by atoms with E-state index in [1.165, 1.54) is 0 Å². The maximum Gasteiger partial charge on any atom is 0.251 e. The molecule has 0 bridgehead atoms. The fraction of sp³-hybridized carbons (Fsp3) is 0.375.